The van der Waals surface area contributed by atoms with E-state index in [4.69, 9.17) is 4.74 Å². The van der Waals surface area contributed by atoms with Crippen LogP contribution in [0.2, 0.25) is 0 Å². The standard InChI is InChI=1S/C12H16BrNO2/c1-2-16-11-7-8(6-9(13)12(11)15)10-4-3-5-14-10/h6-7,10,14-15H,2-5H2,1H3/t10-/m0/s1. The van der Waals surface area contributed by atoms with Crippen LogP contribution in [-0.2, 0) is 0 Å². The lowest BCUT2D eigenvalue weighted by Gasteiger charge is -2.14. The van der Waals surface area contributed by atoms with Gasteiger partial charge in [0.25, 0.3) is 0 Å². The summed E-state index contributed by atoms with van der Waals surface area (Å²) in [5.41, 5.74) is 1.17. The maximum Gasteiger partial charge on any atom is 0.172 e. The fraction of sp³-hybridized carbons (Fsp3) is 0.500. The molecule has 0 amide bonds. The number of benzene rings is 1. The number of rotatable bonds is 3. The first-order chi connectivity index (χ1) is 7.72. The predicted molar refractivity (Wildman–Crippen MR) is 67.0 cm³/mol. The fourth-order valence-corrected chi connectivity index (χ4v) is 2.49. The first kappa shape index (κ1) is 11.7. The Labute approximate surface area is 104 Å². The third kappa shape index (κ3) is 2.33. The topological polar surface area (TPSA) is 41.5 Å². The number of hydrogen-bond acceptors (Lipinski definition) is 3. The number of aromatic hydroxyl groups is 1. The van der Waals surface area contributed by atoms with E-state index in [9.17, 15) is 5.11 Å². The lowest BCUT2D eigenvalue weighted by atomic mass is 10.0. The van der Waals surface area contributed by atoms with Crippen LogP contribution in [0.15, 0.2) is 16.6 Å². The lowest BCUT2D eigenvalue weighted by Crippen LogP contribution is -2.13. The summed E-state index contributed by atoms with van der Waals surface area (Å²) in [6, 6.07) is 4.27. The first-order valence-electron chi connectivity index (χ1n) is 5.61. The summed E-state index contributed by atoms with van der Waals surface area (Å²) < 4.78 is 6.11. The Kier molecular flexibility index (Phi) is 3.71. The average Bonchev–Trinajstić information content (AvgIpc) is 2.78. The van der Waals surface area contributed by atoms with E-state index in [2.05, 4.69) is 21.2 Å². The van der Waals surface area contributed by atoms with Crippen molar-refractivity contribution in [3.05, 3.63) is 22.2 Å². The number of hydrogen-bond donors (Lipinski definition) is 2. The molecular formula is C12H16BrNO2. The number of ether oxygens (including phenoxy) is 1. The van der Waals surface area contributed by atoms with Gasteiger partial charge in [0, 0.05) is 6.04 Å². The van der Waals surface area contributed by atoms with Gasteiger partial charge in [-0.25, -0.2) is 0 Å². The Morgan fingerprint density at radius 3 is 3.00 bits per heavy atom. The van der Waals surface area contributed by atoms with Gasteiger partial charge in [0.05, 0.1) is 11.1 Å². The summed E-state index contributed by atoms with van der Waals surface area (Å²) in [6.45, 7) is 3.53. The van der Waals surface area contributed by atoms with E-state index >= 15 is 0 Å². The van der Waals surface area contributed by atoms with Crippen molar-refractivity contribution in [1.29, 1.82) is 0 Å². The van der Waals surface area contributed by atoms with Crippen molar-refractivity contribution >= 4 is 15.9 Å². The Hall–Kier alpha value is -0.740. The van der Waals surface area contributed by atoms with Gasteiger partial charge in [-0.1, -0.05) is 0 Å². The minimum atomic E-state index is 0.184. The van der Waals surface area contributed by atoms with Crippen LogP contribution in [0.5, 0.6) is 11.5 Å². The molecule has 1 aliphatic rings. The van der Waals surface area contributed by atoms with Crippen molar-refractivity contribution in [3.8, 4) is 11.5 Å². The average molecular weight is 286 g/mol. The molecule has 0 unspecified atom stereocenters. The van der Waals surface area contributed by atoms with Crippen molar-refractivity contribution in [2.24, 2.45) is 0 Å². The molecule has 0 aliphatic carbocycles. The monoisotopic (exact) mass is 285 g/mol. The van der Waals surface area contributed by atoms with Crippen LogP contribution in [-0.4, -0.2) is 18.3 Å². The van der Waals surface area contributed by atoms with Gasteiger partial charge in [-0.2, -0.15) is 0 Å². The van der Waals surface area contributed by atoms with Crippen molar-refractivity contribution in [2.45, 2.75) is 25.8 Å². The highest BCUT2D eigenvalue weighted by Gasteiger charge is 2.19. The van der Waals surface area contributed by atoms with Crippen LogP contribution < -0.4 is 10.1 Å². The van der Waals surface area contributed by atoms with Gasteiger partial charge in [-0.05, 0) is 59.9 Å². The summed E-state index contributed by atoms with van der Waals surface area (Å²) in [4.78, 5) is 0. The van der Waals surface area contributed by atoms with Crippen molar-refractivity contribution in [3.63, 3.8) is 0 Å². The Bertz CT molecular complexity index is 376. The molecule has 0 spiro atoms. The fourth-order valence-electron chi connectivity index (χ4n) is 2.03. The Morgan fingerprint density at radius 2 is 2.38 bits per heavy atom. The maximum atomic E-state index is 9.80. The van der Waals surface area contributed by atoms with Crippen LogP contribution in [0.25, 0.3) is 0 Å². The highest BCUT2D eigenvalue weighted by Crippen LogP contribution is 2.38. The molecule has 2 N–H and O–H groups in total. The van der Waals surface area contributed by atoms with Crippen LogP contribution >= 0.6 is 15.9 Å². The highest BCUT2D eigenvalue weighted by molar-refractivity contribution is 9.10. The zero-order chi connectivity index (χ0) is 11.5. The number of halogens is 1. The Morgan fingerprint density at radius 1 is 1.56 bits per heavy atom. The van der Waals surface area contributed by atoms with Crippen LogP contribution in [0, 0.1) is 0 Å². The molecule has 1 aromatic carbocycles. The molecule has 1 atom stereocenters. The van der Waals surface area contributed by atoms with Gasteiger partial charge < -0.3 is 15.2 Å². The molecule has 4 heteroatoms. The van der Waals surface area contributed by atoms with Gasteiger partial charge in [-0.3, -0.25) is 0 Å². The van der Waals surface area contributed by atoms with Gasteiger partial charge in [0.1, 0.15) is 0 Å². The van der Waals surface area contributed by atoms with E-state index in [1.165, 1.54) is 12.0 Å². The summed E-state index contributed by atoms with van der Waals surface area (Å²) in [5.74, 6) is 0.740. The van der Waals surface area contributed by atoms with E-state index in [1.54, 1.807) is 0 Å². The normalized spacial score (nSPS) is 20.0. The number of phenols is 1. The summed E-state index contributed by atoms with van der Waals surface area (Å²) in [5, 5.41) is 13.2. The maximum absolute atomic E-state index is 9.80. The predicted octanol–water partition coefficient (Wildman–Crippen LogP) is 2.98. The van der Waals surface area contributed by atoms with Crippen LogP contribution in [0.1, 0.15) is 31.4 Å². The third-order valence-corrected chi connectivity index (χ3v) is 3.42. The largest absolute Gasteiger partial charge is 0.503 e. The zero-order valence-corrected chi connectivity index (χ0v) is 10.9. The molecule has 1 fully saturated rings. The minimum Gasteiger partial charge on any atom is -0.503 e. The van der Waals surface area contributed by atoms with Gasteiger partial charge >= 0.3 is 0 Å². The van der Waals surface area contributed by atoms with Crippen molar-refractivity contribution in [1.82, 2.24) is 5.32 Å². The highest BCUT2D eigenvalue weighted by atomic mass is 79.9. The quantitative estimate of drug-likeness (QED) is 0.897. The molecule has 88 valence electrons. The molecule has 0 aromatic heterocycles. The Balaban J connectivity index is 2.31. The molecular weight excluding hydrogens is 270 g/mol. The number of nitrogens with one attached hydrogen (secondary N) is 1. The molecule has 0 bridgehead atoms. The smallest absolute Gasteiger partial charge is 0.172 e. The van der Waals surface area contributed by atoms with E-state index in [-0.39, 0.29) is 5.75 Å². The third-order valence-electron chi connectivity index (χ3n) is 2.81. The van der Waals surface area contributed by atoms with Crippen molar-refractivity contribution < 1.29 is 9.84 Å². The van der Waals surface area contributed by atoms with E-state index < -0.39 is 0 Å². The summed E-state index contributed by atoms with van der Waals surface area (Å²) >= 11 is 3.36. The number of phenolic OH excluding ortho intramolecular Hbond substituents is 1. The minimum absolute atomic E-state index is 0.184. The second-order valence-electron chi connectivity index (χ2n) is 3.93. The van der Waals surface area contributed by atoms with E-state index in [0.717, 1.165) is 13.0 Å². The summed E-state index contributed by atoms with van der Waals surface area (Å²) in [7, 11) is 0. The molecule has 3 nitrogen and oxygen atoms in total. The van der Waals surface area contributed by atoms with E-state index in [0.29, 0.717) is 22.9 Å². The molecule has 1 saturated heterocycles. The molecule has 0 radical (unpaired) electrons. The summed E-state index contributed by atoms with van der Waals surface area (Å²) in [6.07, 6.45) is 2.34. The van der Waals surface area contributed by atoms with Crippen LogP contribution in [0.3, 0.4) is 0 Å². The first-order valence-corrected chi connectivity index (χ1v) is 6.40. The van der Waals surface area contributed by atoms with Gasteiger partial charge in [-0.15, -0.1) is 0 Å². The van der Waals surface area contributed by atoms with E-state index in [1.807, 2.05) is 19.1 Å². The molecule has 1 aliphatic heterocycles. The SMILES string of the molecule is CCOc1cc([C@@H]2CCCN2)cc(Br)c1O. The second-order valence-corrected chi connectivity index (χ2v) is 4.79. The van der Waals surface area contributed by atoms with Gasteiger partial charge in [0.2, 0.25) is 0 Å². The van der Waals surface area contributed by atoms with Gasteiger partial charge in [0.15, 0.2) is 11.5 Å². The lowest BCUT2D eigenvalue weighted by molar-refractivity contribution is 0.316. The molecule has 2 rings (SSSR count). The molecule has 16 heavy (non-hydrogen) atoms. The molecule has 1 aromatic rings. The second kappa shape index (κ2) is 5.06. The van der Waals surface area contributed by atoms with Crippen LogP contribution in [0.4, 0.5) is 0 Å². The zero-order valence-electron chi connectivity index (χ0n) is 9.29. The molecule has 1 heterocycles. The molecule has 0 saturated carbocycles. The van der Waals surface area contributed by atoms with Crippen molar-refractivity contribution in [2.75, 3.05) is 13.2 Å².